The Morgan fingerprint density at radius 2 is 0.654 bits per heavy atom. The quantitative estimate of drug-likeness (QED) is 0.0429. The molecule has 0 aromatic carbocycles. The zero-order valence-electron chi connectivity index (χ0n) is 35.2. The van der Waals surface area contributed by atoms with Gasteiger partial charge < -0.3 is 20.2 Å². The minimum atomic E-state index is -0.808. The molecule has 0 radical (unpaired) electrons. The van der Waals surface area contributed by atoms with E-state index in [2.05, 4.69) is 24.5 Å². The Morgan fingerprint density at radius 1 is 0.404 bits per heavy atom. The van der Waals surface area contributed by atoms with Crippen molar-refractivity contribution in [2.75, 3.05) is 39.8 Å². The Balaban J connectivity index is 3.75. The van der Waals surface area contributed by atoms with Crippen LogP contribution in [-0.4, -0.2) is 67.1 Å². The second-order valence-corrected chi connectivity index (χ2v) is 16.4. The second kappa shape index (κ2) is 39.1. The standard InChI is InChI=1S/C45H89N3O4/c1-4-6-8-10-12-14-16-18-20-22-24-26-28-30-32-36-43(49)46-38-34-40-48(3,42-45(51)52)41-35-39-47-44(50)37-33-31-29-27-25-23-21-19-17-15-13-11-9-7-5-2/h4-42H2,1-3H3,(H2-,46,47,49,50,51,52)/p+1. The van der Waals surface area contributed by atoms with E-state index in [9.17, 15) is 19.5 Å². The highest BCUT2D eigenvalue weighted by molar-refractivity contribution is 5.76. The number of aliphatic carboxylic acids is 1. The van der Waals surface area contributed by atoms with Crippen molar-refractivity contribution in [3.05, 3.63) is 0 Å². The van der Waals surface area contributed by atoms with Crippen molar-refractivity contribution in [1.29, 1.82) is 0 Å². The number of hydrogen-bond donors (Lipinski definition) is 3. The van der Waals surface area contributed by atoms with Gasteiger partial charge in [0, 0.05) is 38.8 Å². The van der Waals surface area contributed by atoms with E-state index < -0.39 is 5.97 Å². The number of nitrogens with one attached hydrogen (secondary N) is 2. The lowest BCUT2D eigenvalue weighted by Gasteiger charge is -2.33. The summed E-state index contributed by atoms with van der Waals surface area (Å²) < 4.78 is 0.416. The van der Waals surface area contributed by atoms with Gasteiger partial charge in [-0.2, -0.15) is 0 Å². The molecule has 52 heavy (non-hydrogen) atoms. The summed E-state index contributed by atoms with van der Waals surface area (Å²) in [6.45, 7) is 7.16. The van der Waals surface area contributed by atoms with Crippen molar-refractivity contribution < 1.29 is 24.0 Å². The van der Waals surface area contributed by atoms with Crippen molar-refractivity contribution >= 4 is 17.8 Å². The Hall–Kier alpha value is -1.63. The smallest absolute Gasteiger partial charge is 0.359 e. The topological polar surface area (TPSA) is 95.5 Å². The van der Waals surface area contributed by atoms with Gasteiger partial charge in [-0.05, 0) is 12.8 Å². The van der Waals surface area contributed by atoms with Gasteiger partial charge in [-0.3, -0.25) is 9.59 Å². The van der Waals surface area contributed by atoms with Gasteiger partial charge in [0.1, 0.15) is 0 Å². The van der Waals surface area contributed by atoms with Gasteiger partial charge in [-0.25, -0.2) is 4.79 Å². The van der Waals surface area contributed by atoms with Crippen LogP contribution in [0.15, 0.2) is 0 Å². The number of unbranched alkanes of at least 4 members (excludes halogenated alkanes) is 28. The zero-order chi connectivity index (χ0) is 38.2. The lowest BCUT2D eigenvalue weighted by molar-refractivity contribution is -0.902. The maximum atomic E-state index is 12.3. The van der Waals surface area contributed by atoms with Crippen LogP contribution in [-0.2, 0) is 14.4 Å². The molecule has 0 rings (SSSR count). The largest absolute Gasteiger partial charge is 0.477 e. The fraction of sp³-hybridized carbons (Fsp3) is 0.933. The number of carbonyl (C=O) groups is 3. The molecule has 0 aliphatic carbocycles. The molecular formula is C45H90N3O4+. The van der Waals surface area contributed by atoms with Crippen molar-refractivity contribution in [2.24, 2.45) is 0 Å². The number of likely N-dealkylation sites (N-methyl/N-ethyl adjacent to an activating group) is 1. The molecule has 0 fully saturated rings. The molecule has 0 bridgehead atoms. The number of carboxylic acid groups (broad SMARTS) is 1. The van der Waals surface area contributed by atoms with E-state index in [0.717, 1.165) is 38.5 Å². The monoisotopic (exact) mass is 737 g/mol. The zero-order valence-corrected chi connectivity index (χ0v) is 35.2. The molecular weight excluding hydrogens is 647 g/mol. The summed E-state index contributed by atoms with van der Waals surface area (Å²) in [5, 5.41) is 15.6. The highest BCUT2D eigenvalue weighted by Gasteiger charge is 2.24. The lowest BCUT2D eigenvalue weighted by Crippen LogP contribution is -2.50. The maximum absolute atomic E-state index is 12.3. The van der Waals surface area contributed by atoms with Crippen LogP contribution in [0.1, 0.15) is 232 Å². The Labute approximate surface area is 323 Å². The predicted molar refractivity (Wildman–Crippen MR) is 223 cm³/mol. The number of carbonyl (C=O) groups excluding carboxylic acids is 2. The predicted octanol–water partition coefficient (Wildman–Crippen LogP) is 12.1. The van der Waals surface area contributed by atoms with Gasteiger partial charge >= 0.3 is 5.97 Å². The first-order valence-corrected chi connectivity index (χ1v) is 22.9. The fourth-order valence-electron chi connectivity index (χ4n) is 7.46. The average molecular weight is 737 g/mol. The van der Waals surface area contributed by atoms with Crippen LogP contribution >= 0.6 is 0 Å². The maximum Gasteiger partial charge on any atom is 0.359 e. The third-order valence-corrected chi connectivity index (χ3v) is 10.9. The van der Waals surface area contributed by atoms with E-state index >= 15 is 0 Å². The molecule has 0 aromatic rings. The number of quaternary nitrogens is 1. The third-order valence-electron chi connectivity index (χ3n) is 10.9. The van der Waals surface area contributed by atoms with Crippen LogP contribution < -0.4 is 10.6 Å². The minimum Gasteiger partial charge on any atom is -0.477 e. The molecule has 7 heteroatoms. The summed E-state index contributed by atoms with van der Waals surface area (Å²) in [6, 6.07) is 0. The first kappa shape index (κ1) is 50.4. The van der Waals surface area contributed by atoms with Crippen LogP contribution in [0.2, 0.25) is 0 Å². The van der Waals surface area contributed by atoms with Crippen LogP contribution in [0.3, 0.4) is 0 Å². The summed E-state index contributed by atoms with van der Waals surface area (Å²) in [5.74, 6) is -0.588. The molecule has 0 aliphatic heterocycles. The van der Waals surface area contributed by atoms with Crippen molar-refractivity contribution in [2.45, 2.75) is 232 Å². The van der Waals surface area contributed by atoms with Crippen LogP contribution in [0, 0.1) is 0 Å². The Kier molecular flexibility index (Phi) is 37.8. The second-order valence-electron chi connectivity index (χ2n) is 16.4. The third kappa shape index (κ3) is 38.1. The highest BCUT2D eigenvalue weighted by Crippen LogP contribution is 2.15. The molecule has 0 aliphatic rings. The first-order valence-electron chi connectivity index (χ1n) is 22.9. The lowest BCUT2D eigenvalue weighted by atomic mass is 10.0. The summed E-state index contributed by atoms with van der Waals surface area (Å²) in [5.41, 5.74) is 0. The number of nitrogens with zero attached hydrogens (tertiary/aromatic N) is 1. The van der Waals surface area contributed by atoms with Crippen LogP contribution in [0.5, 0.6) is 0 Å². The van der Waals surface area contributed by atoms with E-state index in [4.69, 9.17) is 0 Å². The molecule has 2 amide bonds. The van der Waals surface area contributed by atoms with E-state index in [-0.39, 0.29) is 18.4 Å². The molecule has 0 saturated carbocycles. The van der Waals surface area contributed by atoms with Gasteiger partial charge in [-0.15, -0.1) is 0 Å². The highest BCUT2D eigenvalue weighted by atomic mass is 16.4. The molecule has 7 nitrogen and oxygen atoms in total. The molecule has 0 aromatic heterocycles. The summed E-state index contributed by atoms with van der Waals surface area (Å²) in [7, 11) is 1.98. The van der Waals surface area contributed by atoms with E-state index in [1.165, 1.54) is 167 Å². The summed E-state index contributed by atoms with van der Waals surface area (Å²) >= 11 is 0. The van der Waals surface area contributed by atoms with Crippen LogP contribution in [0.25, 0.3) is 0 Å². The number of rotatable bonds is 42. The minimum absolute atomic E-state index is 0.0557. The first-order chi connectivity index (χ1) is 25.3. The van der Waals surface area contributed by atoms with Gasteiger partial charge in [0.25, 0.3) is 0 Å². The number of hydrogen-bond acceptors (Lipinski definition) is 3. The average Bonchev–Trinajstić information content (AvgIpc) is 3.11. The van der Waals surface area contributed by atoms with Crippen molar-refractivity contribution in [3.8, 4) is 0 Å². The fourth-order valence-corrected chi connectivity index (χ4v) is 7.46. The molecule has 0 saturated heterocycles. The van der Waals surface area contributed by atoms with Gasteiger partial charge in [-0.1, -0.05) is 194 Å². The van der Waals surface area contributed by atoms with Gasteiger partial charge in [0.15, 0.2) is 6.54 Å². The number of amides is 2. The Bertz CT molecular complexity index is 751. The normalized spacial score (nSPS) is 11.6. The summed E-state index contributed by atoms with van der Waals surface area (Å²) in [6.07, 6.45) is 42.2. The SMILES string of the molecule is CCCCCCCCCCCCCCCCCC(=O)NCCC[N+](C)(CCCNC(=O)CCCCCCCCCCCCCCCCC)CC(=O)O. The van der Waals surface area contributed by atoms with Gasteiger partial charge in [0.2, 0.25) is 11.8 Å². The summed E-state index contributed by atoms with van der Waals surface area (Å²) in [4.78, 5) is 36.2. The Morgan fingerprint density at radius 3 is 0.904 bits per heavy atom. The van der Waals surface area contributed by atoms with E-state index in [1.807, 2.05) is 7.05 Å². The molecule has 0 unspecified atom stereocenters. The van der Waals surface area contributed by atoms with E-state index in [0.29, 0.717) is 43.5 Å². The molecule has 0 spiro atoms. The molecule has 0 heterocycles. The number of carboxylic acids is 1. The van der Waals surface area contributed by atoms with Crippen molar-refractivity contribution in [1.82, 2.24) is 10.6 Å². The van der Waals surface area contributed by atoms with E-state index in [1.54, 1.807) is 0 Å². The molecule has 3 N–H and O–H groups in total. The van der Waals surface area contributed by atoms with Crippen LogP contribution in [0.4, 0.5) is 0 Å². The van der Waals surface area contributed by atoms with Crippen molar-refractivity contribution in [3.63, 3.8) is 0 Å². The molecule has 0 atom stereocenters. The van der Waals surface area contributed by atoms with Gasteiger partial charge in [0.05, 0.1) is 20.1 Å². The molecule has 308 valence electrons.